The van der Waals surface area contributed by atoms with Crippen molar-refractivity contribution in [2.24, 2.45) is 0 Å². The largest absolute Gasteiger partial charge is 0.398 e. The monoisotopic (exact) mass is 231 g/mol. The van der Waals surface area contributed by atoms with Crippen LogP contribution in [-0.4, -0.2) is 0 Å². The summed E-state index contributed by atoms with van der Waals surface area (Å²) in [5.74, 6) is 0. The number of benzene rings is 1. The standard InChI is InChI=1S/C9H7F2NS2/c10-9(11)4-1-5-7(13)3-14-8(5)6(12)2-4/h1-3,9,13H,12H2. The van der Waals surface area contributed by atoms with Gasteiger partial charge in [-0.15, -0.1) is 24.0 Å². The van der Waals surface area contributed by atoms with E-state index in [0.29, 0.717) is 16.0 Å². The molecule has 2 rings (SSSR count). The summed E-state index contributed by atoms with van der Waals surface area (Å²) in [5, 5.41) is 2.49. The molecule has 0 radical (unpaired) electrons. The van der Waals surface area contributed by atoms with Crippen LogP contribution in [0.4, 0.5) is 14.5 Å². The first kappa shape index (κ1) is 9.73. The van der Waals surface area contributed by atoms with E-state index in [4.69, 9.17) is 5.73 Å². The van der Waals surface area contributed by atoms with Crippen molar-refractivity contribution in [3.8, 4) is 0 Å². The second kappa shape index (κ2) is 3.40. The molecule has 2 aromatic rings. The Labute approximate surface area is 88.9 Å². The molecule has 0 unspecified atom stereocenters. The van der Waals surface area contributed by atoms with Crippen LogP contribution in [0.1, 0.15) is 12.0 Å². The molecule has 0 saturated heterocycles. The maximum absolute atomic E-state index is 12.4. The summed E-state index contributed by atoms with van der Waals surface area (Å²) in [6.07, 6.45) is -2.49. The zero-order chi connectivity index (χ0) is 10.3. The number of nitrogens with two attached hydrogens (primary N) is 1. The molecular formula is C9H7F2NS2. The fourth-order valence-corrected chi connectivity index (χ4v) is 2.56. The van der Waals surface area contributed by atoms with Crippen LogP contribution in [0.15, 0.2) is 22.4 Å². The maximum Gasteiger partial charge on any atom is 0.263 e. The Hall–Kier alpha value is -0.810. The summed E-state index contributed by atoms with van der Waals surface area (Å²) < 4.78 is 25.7. The van der Waals surface area contributed by atoms with Crippen LogP contribution in [0.25, 0.3) is 10.1 Å². The highest BCUT2D eigenvalue weighted by Crippen LogP contribution is 2.36. The Kier molecular flexibility index (Phi) is 2.36. The zero-order valence-corrected chi connectivity index (χ0v) is 8.71. The van der Waals surface area contributed by atoms with Crippen LogP contribution >= 0.6 is 24.0 Å². The number of rotatable bonds is 1. The van der Waals surface area contributed by atoms with Gasteiger partial charge in [0.25, 0.3) is 6.43 Å². The third-order valence-corrected chi connectivity index (χ3v) is 3.55. The average Bonchev–Trinajstić information content (AvgIpc) is 2.48. The number of thiophene rings is 1. The number of thiol groups is 1. The number of alkyl halides is 2. The molecule has 0 spiro atoms. The Morgan fingerprint density at radius 3 is 2.71 bits per heavy atom. The van der Waals surface area contributed by atoms with Gasteiger partial charge in [-0.05, 0) is 12.1 Å². The lowest BCUT2D eigenvalue weighted by Gasteiger charge is -2.03. The lowest BCUT2D eigenvalue weighted by atomic mass is 10.1. The van der Waals surface area contributed by atoms with Crippen molar-refractivity contribution in [2.75, 3.05) is 5.73 Å². The summed E-state index contributed by atoms with van der Waals surface area (Å²) in [4.78, 5) is 0.694. The molecule has 14 heavy (non-hydrogen) atoms. The SMILES string of the molecule is Nc1cc(C(F)F)cc2c(S)csc12. The van der Waals surface area contributed by atoms with Crippen molar-refractivity contribution in [1.29, 1.82) is 0 Å². The van der Waals surface area contributed by atoms with Gasteiger partial charge in [-0.25, -0.2) is 8.78 Å². The van der Waals surface area contributed by atoms with Crippen LogP contribution in [0.2, 0.25) is 0 Å². The van der Waals surface area contributed by atoms with Gasteiger partial charge in [-0.2, -0.15) is 0 Å². The van der Waals surface area contributed by atoms with Crippen molar-refractivity contribution in [3.05, 3.63) is 23.1 Å². The fraction of sp³-hybridized carbons (Fsp3) is 0.111. The second-order valence-electron chi connectivity index (χ2n) is 2.91. The molecule has 0 fully saturated rings. The second-order valence-corrected chi connectivity index (χ2v) is 4.27. The highest BCUT2D eigenvalue weighted by molar-refractivity contribution is 7.80. The van der Waals surface area contributed by atoms with Crippen molar-refractivity contribution >= 4 is 39.7 Å². The zero-order valence-electron chi connectivity index (χ0n) is 7.00. The Morgan fingerprint density at radius 2 is 2.07 bits per heavy atom. The lowest BCUT2D eigenvalue weighted by molar-refractivity contribution is 0.151. The van der Waals surface area contributed by atoms with Crippen LogP contribution in [0.5, 0.6) is 0 Å². The van der Waals surface area contributed by atoms with Crippen molar-refractivity contribution in [2.45, 2.75) is 11.3 Å². The summed E-state index contributed by atoms with van der Waals surface area (Å²) in [5.41, 5.74) is 5.99. The van der Waals surface area contributed by atoms with Gasteiger partial charge in [0.05, 0.1) is 10.4 Å². The molecule has 0 aliphatic carbocycles. The summed E-state index contributed by atoms with van der Waals surface area (Å²) in [6, 6.07) is 2.76. The molecule has 1 nitrogen and oxygen atoms in total. The Morgan fingerprint density at radius 1 is 1.36 bits per heavy atom. The van der Waals surface area contributed by atoms with Gasteiger partial charge in [-0.1, -0.05) is 0 Å². The number of anilines is 1. The molecule has 0 aliphatic heterocycles. The van der Waals surface area contributed by atoms with Gasteiger partial charge in [0.2, 0.25) is 0 Å². The minimum Gasteiger partial charge on any atom is -0.398 e. The molecule has 0 aliphatic rings. The number of hydrogen-bond acceptors (Lipinski definition) is 3. The topological polar surface area (TPSA) is 26.0 Å². The molecule has 1 aromatic heterocycles. The average molecular weight is 231 g/mol. The molecule has 5 heteroatoms. The quantitative estimate of drug-likeness (QED) is 0.568. The lowest BCUT2D eigenvalue weighted by Crippen LogP contribution is -1.89. The first-order valence-electron chi connectivity index (χ1n) is 3.87. The number of fused-ring (bicyclic) bond motifs is 1. The molecule has 1 aromatic carbocycles. The van der Waals surface area contributed by atoms with E-state index in [1.54, 1.807) is 5.38 Å². The number of hydrogen-bond donors (Lipinski definition) is 2. The van der Waals surface area contributed by atoms with Crippen LogP contribution in [0.3, 0.4) is 0 Å². The van der Waals surface area contributed by atoms with Gasteiger partial charge >= 0.3 is 0 Å². The van der Waals surface area contributed by atoms with E-state index in [1.165, 1.54) is 23.5 Å². The van der Waals surface area contributed by atoms with E-state index in [9.17, 15) is 8.78 Å². The van der Waals surface area contributed by atoms with E-state index < -0.39 is 6.43 Å². The summed E-state index contributed by atoms with van der Waals surface area (Å²) >= 11 is 5.59. The normalized spacial score (nSPS) is 11.4. The fourth-order valence-electron chi connectivity index (χ4n) is 1.30. The van der Waals surface area contributed by atoms with Gasteiger partial charge < -0.3 is 5.73 Å². The Balaban J connectivity index is 2.75. The smallest absolute Gasteiger partial charge is 0.263 e. The first-order chi connectivity index (χ1) is 6.59. The van der Waals surface area contributed by atoms with Crippen molar-refractivity contribution in [1.82, 2.24) is 0 Å². The predicted octanol–water partition coefficient (Wildman–Crippen LogP) is 3.71. The minimum atomic E-state index is -2.49. The number of halogens is 2. The van der Waals surface area contributed by atoms with Gasteiger partial charge in [0.15, 0.2) is 0 Å². The molecule has 0 saturated carbocycles. The van der Waals surface area contributed by atoms with Crippen LogP contribution in [0, 0.1) is 0 Å². The molecular weight excluding hydrogens is 224 g/mol. The third-order valence-electron chi connectivity index (χ3n) is 1.96. The molecule has 74 valence electrons. The summed E-state index contributed by atoms with van der Waals surface area (Å²) in [7, 11) is 0. The first-order valence-corrected chi connectivity index (χ1v) is 5.20. The summed E-state index contributed by atoms with van der Waals surface area (Å²) in [6.45, 7) is 0. The van der Waals surface area contributed by atoms with E-state index in [-0.39, 0.29) is 5.56 Å². The molecule has 1 heterocycles. The highest BCUT2D eigenvalue weighted by atomic mass is 32.1. The molecule has 0 amide bonds. The molecule has 2 N–H and O–H groups in total. The maximum atomic E-state index is 12.4. The third kappa shape index (κ3) is 1.46. The van der Waals surface area contributed by atoms with Gasteiger partial charge in [-0.3, -0.25) is 0 Å². The van der Waals surface area contributed by atoms with Gasteiger partial charge in [0.1, 0.15) is 0 Å². The van der Waals surface area contributed by atoms with E-state index >= 15 is 0 Å². The number of nitrogen functional groups attached to an aromatic ring is 1. The van der Waals surface area contributed by atoms with E-state index in [1.807, 2.05) is 0 Å². The molecule has 0 bridgehead atoms. The van der Waals surface area contributed by atoms with Crippen molar-refractivity contribution in [3.63, 3.8) is 0 Å². The van der Waals surface area contributed by atoms with Gasteiger partial charge in [0, 0.05) is 21.2 Å². The molecule has 0 atom stereocenters. The Bertz CT molecular complexity index is 479. The predicted molar refractivity (Wildman–Crippen MR) is 58.4 cm³/mol. The van der Waals surface area contributed by atoms with E-state index in [0.717, 1.165) is 4.70 Å². The minimum absolute atomic E-state index is 0.0521. The van der Waals surface area contributed by atoms with Crippen molar-refractivity contribution < 1.29 is 8.78 Å². The van der Waals surface area contributed by atoms with Crippen LogP contribution < -0.4 is 5.73 Å². The highest BCUT2D eigenvalue weighted by Gasteiger charge is 2.12. The van der Waals surface area contributed by atoms with E-state index in [2.05, 4.69) is 12.6 Å². The van der Waals surface area contributed by atoms with Crippen LogP contribution in [-0.2, 0) is 0 Å².